The molecule has 0 fully saturated rings. The first-order valence-corrected chi connectivity index (χ1v) is 12.8. The van der Waals surface area contributed by atoms with Crippen molar-refractivity contribution in [2.75, 3.05) is 5.32 Å². The maximum Gasteiger partial charge on any atom is 0.292 e. The second-order valence-electron chi connectivity index (χ2n) is 7.88. The topological polar surface area (TPSA) is 85.3 Å². The summed E-state index contributed by atoms with van der Waals surface area (Å²) in [6.07, 6.45) is 3.82. The van der Waals surface area contributed by atoms with Gasteiger partial charge in [0.25, 0.3) is 11.8 Å². The predicted molar refractivity (Wildman–Crippen MR) is 135 cm³/mol. The van der Waals surface area contributed by atoms with Crippen LogP contribution in [0.4, 0.5) is 5.00 Å². The third-order valence-electron chi connectivity index (χ3n) is 5.75. The Balaban J connectivity index is 1.48. The highest BCUT2D eigenvalue weighted by atomic mass is 35.5. The number of hydrogen-bond acceptors (Lipinski definition) is 5. The monoisotopic (exact) mass is 496 g/mol. The number of nitrogens with one attached hydrogen (secondary N) is 1. The molecule has 0 spiro atoms. The molecule has 3 N–H and O–H groups in total. The van der Waals surface area contributed by atoms with Gasteiger partial charge < -0.3 is 15.5 Å². The average molecular weight is 497 g/mol. The maximum atomic E-state index is 13.4. The number of aryl methyl sites for hydroxylation is 1. The lowest BCUT2D eigenvalue weighted by Gasteiger charge is -2.11. The summed E-state index contributed by atoms with van der Waals surface area (Å²) in [6.45, 7) is 0. The second-order valence-corrected chi connectivity index (χ2v) is 10.5. The number of thiophene rings is 1. The fourth-order valence-electron chi connectivity index (χ4n) is 4.19. The van der Waals surface area contributed by atoms with Gasteiger partial charge in [-0.1, -0.05) is 29.8 Å². The molecular weight excluding hydrogens is 476 g/mol. The van der Waals surface area contributed by atoms with Crippen LogP contribution < -0.4 is 11.1 Å². The summed E-state index contributed by atoms with van der Waals surface area (Å²) in [6, 6.07) is 15.2. The van der Waals surface area contributed by atoms with Crippen LogP contribution in [0.3, 0.4) is 0 Å². The van der Waals surface area contributed by atoms with Crippen LogP contribution in [0.5, 0.6) is 0 Å². The van der Waals surface area contributed by atoms with Crippen LogP contribution in [0.25, 0.3) is 11.0 Å². The van der Waals surface area contributed by atoms with E-state index in [0.29, 0.717) is 26.9 Å². The number of amides is 2. The van der Waals surface area contributed by atoms with Crippen molar-refractivity contribution in [2.45, 2.75) is 36.3 Å². The standard InChI is InChI=1S/C25H21ClN2O3S2/c26-14-9-11-15(12-10-14)32-13-18-16-5-1-3-7-19(16)31-22(18)24(30)28-25-21(23(27)29)17-6-2-4-8-20(17)33-25/h1,3,5,7,9-12H,2,4,6,8,13H2,(H2,27,29)(H,28,30). The van der Waals surface area contributed by atoms with Crippen molar-refractivity contribution >= 4 is 62.5 Å². The van der Waals surface area contributed by atoms with Gasteiger partial charge in [0.2, 0.25) is 0 Å². The highest BCUT2D eigenvalue weighted by Gasteiger charge is 2.27. The van der Waals surface area contributed by atoms with Crippen molar-refractivity contribution in [3.8, 4) is 0 Å². The smallest absolute Gasteiger partial charge is 0.292 e. The number of nitrogens with two attached hydrogens (primary N) is 1. The van der Waals surface area contributed by atoms with E-state index in [1.165, 1.54) is 11.3 Å². The summed E-state index contributed by atoms with van der Waals surface area (Å²) in [5.74, 6) is -0.0864. The van der Waals surface area contributed by atoms with Crippen molar-refractivity contribution in [1.82, 2.24) is 0 Å². The number of para-hydroxylation sites is 1. The van der Waals surface area contributed by atoms with E-state index in [9.17, 15) is 9.59 Å². The molecule has 1 aliphatic carbocycles. The van der Waals surface area contributed by atoms with E-state index in [0.717, 1.165) is 52.0 Å². The van der Waals surface area contributed by atoms with Crippen LogP contribution >= 0.6 is 34.7 Å². The number of thioether (sulfide) groups is 1. The number of rotatable bonds is 6. The van der Waals surface area contributed by atoms with E-state index >= 15 is 0 Å². The van der Waals surface area contributed by atoms with E-state index in [4.69, 9.17) is 21.8 Å². The summed E-state index contributed by atoms with van der Waals surface area (Å²) in [4.78, 5) is 27.7. The van der Waals surface area contributed by atoms with Gasteiger partial charge in [-0.05, 0) is 61.6 Å². The largest absolute Gasteiger partial charge is 0.451 e. The van der Waals surface area contributed by atoms with Crippen molar-refractivity contribution in [3.63, 3.8) is 0 Å². The van der Waals surface area contributed by atoms with Gasteiger partial charge in [-0.25, -0.2) is 0 Å². The lowest BCUT2D eigenvalue weighted by Crippen LogP contribution is -2.18. The Kier molecular flexibility index (Phi) is 6.19. The Labute approximate surface area is 204 Å². The van der Waals surface area contributed by atoms with Crippen LogP contribution in [-0.4, -0.2) is 11.8 Å². The van der Waals surface area contributed by atoms with Crippen LogP contribution in [0, 0.1) is 0 Å². The number of anilines is 1. The quantitative estimate of drug-likeness (QED) is 0.292. The van der Waals surface area contributed by atoms with Crippen molar-refractivity contribution < 1.29 is 14.0 Å². The molecule has 8 heteroatoms. The van der Waals surface area contributed by atoms with Gasteiger partial charge in [-0.3, -0.25) is 9.59 Å². The summed E-state index contributed by atoms with van der Waals surface area (Å²) in [7, 11) is 0. The third-order valence-corrected chi connectivity index (χ3v) is 8.24. The predicted octanol–water partition coefficient (Wildman–Crippen LogP) is 6.67. The lowest BCUT2D eigenvalue weighted by molar-refractivity contribution is 0.0998. The molecule has 2 aromatic heterocycles. The van der Waals surface area contributed by atoms with E-state index in [2.05, 4.69) is 5.32 Å². The molecule has 0 saturated carbocycles. The van der Waals surface area contributed by atoms with Crippen molar-refractivity contribution in [3.05, 3.63) is 80.9 Å². The number of fused-ring (bicyclic) bond motifs is 2. The molecule has 0 atom stereocenters. The highest BCUT2D eigenvalue weighted by molar-refractivity contribution is 7.98. The average Bonchev–Trinajstić information content (AvgIpc) is 3.36. The summed E-state index contributed by atoms with van der Waals surface area (Å²) < 4.78 is 5.99. The molecule has 5 nitrogen and oxygen atoms in total. The fourth-order valence-corrected chi connectivity index (χ4v) is 6.53. The number of carbonyl (C=O) groups excluding carboxylic acids is 2. The fraction of sp³-hybridized carbons (Fsp3) is 0.200. The highest BCUT2D eigenvalue weighted by Crippen LogP contribution is 2.39. The number of furan rings is 1. The molecule has 0 bridgehead atoms. The Morgan fingerprint density at radius 2 is 1.85 bits per heavy atom. The zero-order chi connectivity index (χ0) is 22.9. The van der Waals surface area contributed by atoms with Gasteiger partial charge in [0, 0.05) is 31.5 Å². The Bertz CT molecular complexity index is 1360. The van der Waals surface area contributed by atoms with E-state index in [1.54, 1.807) is 11.8 Å². The zero-order valence-corrected chi connectivity index (χ0v) is 20.0. The van der Waals surface area contributed by atoms with E-state index in [1.807, 2.05) is 48.5 Å². The van der Waals surface area contributed by atoms with Crippen LogP contribution in [0.1, 0.15) is 49.8 Å². The number of carbonyl (C=O) groups is 2. The molecule has 33 heavy (non-hydrogen) atoms. The minimum absolute atomic E-state index is 0.249. The Morgan fingerprint density at radius 1 is 1.09 bits per heavy atom. The summed E-state index contributed by atoms with van der Waals surface area (Å²) in [5, 5.41) is 5.01. The second kappa shape index (κ2) is 9.25. The van der Waals surface area contributed by atoms with Crippen molar-refractivity contribution in [2.24, 2.45) is 5.73 Å². The first kappa shape index (κ1) is 22.1. The van der Waals surface area contributed by atoms with Crippen LogP contribution in [0.2, 0.25) is 5.02 Å². The van der Waals surface area contributed by atoms with Crippen molar-refractivity contribution in [1.29, 1.82) is 0 Å². The number of hydrogen-bond donors (Lipinski definition) is 2. The molecule has 4 aromatic rings. The first-order valence-electron chi connectivity index (χ1n) is 10.7. The molecule has 2 aromatic carbocycles. The van der Waals surface area contributed by atoms with E-state index in [-0.39, 0.29) is 11.7 Å². The van der Waals surface area contributed by atoms with Crippen LogP contribution in [-0.2, 0) is 18.6 Å². The minimum atomic E-state index is -0.507. The molecule has 168 valence electrons. The Morgan fingerprint density at radius 3 is 2.64 bits per heavy atom. The van der Waals surface area contributed by atoms with Gasteiger partial charge in [0.05, 0.1) is 5.56 Å². The molecule has 2 amide bonds. The number of benzene rings is 2. The molecule has 0 aliphatic heterocycles. The molecular formula is C25H21ClN2O3S2. The minimum Gasteiger partial charge on any atom is -0.451 e. The molecule has 0 radical (unpaired) electrons. The lowest BCUT2D eigenvalue weighted by atomic mass is 9.95. The number of halogens is 1. The number of primary amides is 1. The zero-order valence-electron chi connectivity index (χ0n) is 17.7. The SMILES string of the molecule is NC(=O)c1c(NC(=O)c2oc3ccccc3c2CSc2ccc(Cl)cc2)sc2c1CCCC2. The molecule has 1 aliphatic rings. The molecule has 5 rings (SSSR count). The molecule has 0 unspecified atom stereocenters. The summed E-state index contributed by atoms with van der Waals surface area (Å²) >= 11 is 9.04. The first-order chi connectivity index (χ1) is 16.0. The maximum absolute atomic E-state index is 13.4. The van der Waals surface area contributed by atoms with Gasteiger partial charge in [-0.15, -0.1) is 23.1 Å². The summed E-state index contributed by atoms with van der Waals surface area (Å²) in [5.41, 5.74) is 8.57. The normalized spacial score (nSPS) is 13.1. The van der Waals surface area contributed by atoms with E-state index < -0.39 is 5.91 Å². The molecule has 0 saturated heterocycles. The van der Waals surface area contributed by atoms with Gasteiger partial charge in [0.15, 0.2) is 5.76 Å². The third kappa shape index (κ3) is 4.40. The molecule has 2 heterocycles. The van der Waals surface area contributed by atoms with Gasteiger partial charge in [-0.2, -0.15) is 0 Å². The van der Waals surface area contributed by atoms with Gasteiger partial charge in [0.1, 0.15) is 10.6 Å². The van der Waals surface area contributed by atoms with Crippen LogP contribution in [0.15, 0.2) is 57.8 Å². The van der Waals surface area contributed by atoms with Gasteiger partial charge >= 0.3 is 0 Å². The Hall–Kier alpha value is -2.74.